The van der Waals surface area contributed by atoms with Crippen LogP contribution in [0.4, 0.5) is 22.7 Å². The van der Waals surface area contributed by atoms with E-state index in [-0.39, 0.29) is 5.75 Å². The van der Waals surface area contributed by atoms with E-state index in [0.717, 1.165) is 5.56 Å². The quantitative estimate of drug-likeness (QED) is 0.431. The van der Waals surface area contributed by atoms with Crippen LogP contribution in [0, 0.1) is 30.3 Å². The molecule has 0 fully saturated rings. The summed E-state index contributed by atoms with van der Waals surface area (Å²) in [5.74, 6) is -0.499. The molecule has 0 spiro atoms. The minimum atomic E-state index is -0.959. The van der Waals surface area contributed by atoms with Gasteiger partial charge in [0.2, 0.25) is 0 Å². The molecule has 0 heterocycles. The lowest BCUT2D eigenvalue weighted by molar-refractivity contribution is -0.404. The molecule has 2 rings (SSSR count). The lowest BCUT2D eigenvalue weighted by atomic mass is 10.00. The number of nitrogen functional groups attached to an aromatic ring is 1. The Bertz CT molecular complexity index is 908. The van der Waals surface area contributed by atoms with E-state index in [1.165, 1.54) is 12.1 Å². The van der Waals surface area contributed by atoms with Gasteiger partial charge in [0.25, 0.3) is 11.4 Å². The van der Waals surface area contributed by atoms with Crippen molar-refractivity contribution in [2.45, 2.75) is 26.7 Å². The zero-order chi connectivity index (χ0) is 20.3. The van der Waals surface area contributed by atoms with Gasteiger partial charge in [-0.1, -0.05) is 13.8 Å². The van der Waals surface area contributed by atoms with Crippen molar-refractivity contribution in [2.24, 2.45) is 0 Å². The molecular weight excluding hydrogens is 360 g/mol. The molecule has 2 N–H and O–H groups in total. The second-order valence-electron chi connectivity index (χ2n) is 5.50. The number of anilines is 1. The van der Waals surface area contributed by atoms with Gasteiger partial charge in [0.1, 0.15) is 5.75 Å². The van der Waals surface area contributed by atoms with E-state index in [0.29, 0.717) is 36.2 Å². The summed E-state index contributed by atoms with van der Waals surface area (Å²) in [5, 5.41) is 33.7. The first kappa shape index (κ1) is 19.6. The molecule has 0 bridgehead atoms. The van der Waals surface area contributed by atoms with Crippen LogP contribution < -0.4 is 10.5 Å². The van der Waals surface area contributed by atoms with Crippen LogP contribution in [0.2, 0.25) is 0 Å². The van der Waals surface area contributed by atoms with Gasteiger partial charge in [-0.25, -0.2) is 0 Å². The second kappa shape index (κ2) is 7.64. The van der Waals surface area contributed by atoms with Crippen molar-refractivity contribution in [3.8, 4) is 11.5 Å². The van der Waals surface area contributed by atoms with Gasteiger partial charge in [-0.2, -0.15) is 0 Å². The second-order valence-corrected chi connectivity index (χ2v) is 5.50. The van der Waals surface area contributed by atoms with Crippen LogP contribution in [0.3, 0.4) is 0 Å². The van der Waals surface area contributed by atoms with Crippen molar-refractivity contribution < 1.29 is 19.5 Å². The van der Waals surface area contributed by atoms with Crippen LogP contribution in [0.25, 0.3) is 0 Å². The molecule has 0 radical (unpaired) electrons. The molecule has 0 aliphatic rings. The number of rotatable bonds is 7. The molecule has 0 aliphatic heterocycles. The summed E-state index contributed by atoms with van der Waals surface area (Å²) in [5.41, 5.74) is 5.35. The minimum Gasteiger partial charge on any atom is -0.444 e. The number of non-ortho nitro benzene ring substituents is 1. The third kappa shape index (κ3) is 3.76. The average molecular weight is 376 g/mol. The standard InChI is InChI=1S/C16H16N4O7/c1-3-10-11(4-2)15(6-5-12(10)17)27-16-13(19(23)24)7-9(18(21)22)8-14(16)20(25)26/h5-8H,3-4,17H2,1-2H3. The smallest absolute Gasteiger partial charge is 0.325 e. The van der Waals surface area contributed by atoms with Crippen LogP contribution in [-0.4, -0.2) is 14.8 Å². The van der Waals surface area contributed by atoms with E-state index in [2.05, 4.69) is 0 Å². The Morgan fingerprint density at radius 1 is 0.889 bits per heavy atom. The Morgan fingerprint density at radius 3 is 1.81 bits per heavy atom. The number of nitrogens with zero attached hydrogens (tertiary/aromatic N) is 3. The monoisotopic (exact) mass is 376 g/mol. The van der Waals surface area contributed by atoms with Crippen molar-refractivity contribution in [3.05, 3.63) is 65.7 Å². The van der Waals surface area contributed by atoms with E-state index in [1.54, 1.807) is 0 Å². The lowest BCUT2D eigenvalue weighted by Crippen LogP contribution is -2.04. The minimum absolute atomic E-state index is 0.170. The van der Waals surface area contributed by atoms with Crippen LogP contribution in [0.15, 0.2) is 24.3 Å². The Labute approximate surface area is 152 Å². The van der Waals surface area contributed by atoms with E-state index in [9.17, 15) is 30.3 Å². The van der Waals surface area contributed by atoms with Gasteiger partial charge in [-0.15, -0.1) is 0 Å². The third-order valence-corrected chi connectivity index (χ3v) is 3.98. The van der Waals surface area contributed by atoms with Crippen LogP contribution in [0.5, 0.6) is 11.5 Å². The molecule has 2 aromatic carbocycles. The van der Waals surface area contributed by atoms with Gasteiger partial charge in [-0.05, 0) is 36.1 Å². The van der Waals surface area contributed by atoms with E-state index >= 15 is 0 Å². The molecule has 27 heavy (non-hydrogen) atoms. The zero-order valence-electron chi connectivity index (χ0n) is 14.5. The maximum Gasteiger partial charge on any atom is 0.325 e. The Morgan fingerprint density at radius 2 is 1.41 bits per heavy atom. The van der Waals surface area contributed by atoms with Gasteiger partial charge < -0.3 is 10.5 Å². The number of nitro groups is 3. The summed E-state index contributed by atoms with van der Waals surface area (Å²) >= 11 is 0. The molecule has 0 aromatic heterocycles. The molecule has 11 heteroatoms. The topological polar surface area (TPSA) is 165 Å². The first-order chi connectivity index (χ1) is 12.7. The van der Waals surface area contributed by atoms with Crippen molar-refractivity contribution >= 4 is 22.7 Å². The maximum absolute atomic E-state index is 11.4. The normalized spacial score (nSPS) is 10.4. The molecule has 0 atom stereocenters. The average Bonchev–Trinajstić information content (AvgIpc) is 2.61. The largest absolute Gasteiger partial charge is 0.444 e. The molecular formula is C16H16N4O7. The summed E-state index contributed by atoms with van der Waals surface area (Å²) < 4.78 is 5.56. The van der Waals surface area contributed by atoms with Crippen LogP contribution in [0.1, 0.15) is 25.0 Å². The molecule has 142 valence electrons. The summed E-state index contributed by atoms with van der Waals surface area (Å²) in [6.45, 7) is 3.69. The predicted octanol–water partition coefficient (Wildman–Crippen LogP) is 3.91. The fourth-order valence-corrected chi connectivity index (χ4v) is 2.77. The summed E-state index contributed by atoms with van der Waals surface area (Å²) in [7, 11) is 0. The highest BCUT2D eigenvalue weighted by atomic mass is 16.6. The summed E-state index contributed by atoms with van der Waals surface area (Å²) in [6.07, 6.45) is 1.04. The highest BCUT2D eigenvalue weighted by molar-refractivity contribution is 5.67. The van der Waals surface area contributed by atoms with Crippen molar-refractivity contribution in [2.75, 3.05) is 5.73 Å². The Kier molecular flexibility index (Phi) is 5.54. The van der Waals surface area contributed by atoms with Gasteiger partial charge in [0.15, 0.2) is 0 Å². The molecule has 11 nitrogen and oxygen atoms in total. The maximum atomic E-state index is 11.4. The van der Waals surface area contributed by atoms with Crippen molar-refractivity contribution in [1.29, 1.82) is 0 Å². The van der Waals surface area contributed by atoms with E-state index < -0.39 is 37.6 Å². The van der Waals surface area contributed by atoms with Crippen molar-refractivity contribution in [1.82, 2.24) is 0 Å². The molecule has 0 saturated heterocycles. The van der Waals surface area contributed by atoms with E-state index in [1.807, 2.05) is 13.8 Å². The number of benzene rings is 2. The van der Waals surface area contributed by atoms with Crippen LogP contribution in [-0.2, 0) is 12.8 Å². The Hall–Kier alpha value is -3.76. The summed E-state index contributed by atoms with van der Waals surface area (Å²) in [6, 6.07) is 4.26. The van der Waals surface area contributed by atoms with Crippen LogP contribution >= 0.6 is 0 Å². The van der Waals surface area contributed by atoms with Gasteiger partial charge in [-0.3, -0.25) is 30.3 Å². The highest BCUT2D eigenvalue weighted by Crippen LogP contribution is 2.44. The van der Waals surface area contributed by atoms with Gasteiger partial charge in [0, 0.05) is 5.69 Å². The molecule has 2 aromatic rings. The zero-order valence-corrected chi connectivity index (χ0v) is 14.5. The molecule has 0 saturated carbocycles. The highest BCUT2D eigenvalue weighted by Gasteiger charge is 2.33. The lowest BCUT2D eigenvalue weighted by Gasteiger charge is -2.15. The molecule has 0 amide bonds. The van der Waals surface area contributed by atoms with Gasteiger partial charge >= 0.3 is 11.4 Å². The fourth-order valence-electron chi connectivity index (χ4n) is 2.77. The fraction of sp³-hybridized carbons (Fsp3) is 0.250. The first-order valence-electron chi connectivity index (χ1n) is 7.90. The number of nitrogens with two attached hydrogens (primary N) is 1. The molecule has 0 aliphatic carbocycles. The summed E-state index contributed by atoms with van der Waals surface area (Å²) in [4.78, 5) is 30.8. The van der Waals surface area contributed by atoms with E-state index in [4.69, 9.17) is 10.5 Å². The predicted molar refractivity (Wildman–Crippen MR) is 96.1 cm³/mol. The number of nitro benzene ring substituents is 3. The first-order valence-corrected chi connectivity index (χ1v) is 7.90. The third-order valence-electron chi connectivity index (χ3n) is 3.98. The number of hydrogen-bond acceptors (Lipinski definition) is 8. The SMILES string of the molecule is CCc1c(N)ccc(Oc2c([N+](=O)[O-])cc([N+](=O)[O-])cc2[N+](=O)[O-])c1CC. The van der Waals surface area contributed by atoms with Gasteiger partial charge in [0.05, 0.1) is 26.9 Å². The number of hydrogen-bond donors (Lipinski definition) is 1. The van der Waals surface area contributed by atoms with Crippen molar-refractivity contribution in [3.63, 3.8) is 0 Å². The molecule has 0 unspecified atom stereocenters. The Balaban J connectivity index is 2.74. The number of ether oxygens (including phenoxy) is 1.